The summed E-state index contributed by atoms with van der Waals surface area (Å²) >= 11 is 1.63. The minimum atomic E-state index is -0.157. The maximum Gasteiger partial charge on any atom is 0.315 e. The molecule has 6 heteroatoms. The lowest BCUT2D eigenvalue weighted by molar-refractivity contribution is 0.240. The predicted octanol–water partition coefficient (Wildman–Crippen LogP) is 2.60. The van der Waals surface area contributed by atoms with E-state index in [1.165, 1.54) is 0 Å². The third kappa shape index (κ3) is 4.38. The third-order valence-electron chi connectivity index (χ3n) is 2.79. The Bertz CT molecular complexity index is 533. The van der Waals surface area contributed by atoms with Gasteiger partial charge in [-0.1, -0.05) is 19.9 Å². The predicted molar refractivity (Wildman–Crippen MR) is 80.5 cm³/mol. The zero-order valence-corrected chi connectivity index (χ0v) is 12.6. The molecule has 0 aliphatic carbocycles. The van der Waals surface area contributed by atoms with E-state index in [-0.39, 0.29) is 6.03 Å². The Hall–Kier alpha value is -1.82. The van der Waals surface area contributed by atoms with Crippen molar-refractivity contribution in [1.29, 1.82) is 0 Å². The average molecular weight is 292 g/mol. The molecule has 0 spiro atoms. The number of nitrogens with zero attached hydrogens (tertiary/aromatic N) is 2. The van der Waals surface area contributed by atoms with E-state index in [1.807, 2.05) is 17.5 Å². The number of rotatable bonds is 6. The van der Waals surface area contributed by atoms with Crippen molar-refractivity contribution in [3.8, 4) is 0 Å². The van der Waals surface area contributed by atoms with Crippen molar-refractivity contribution >= 4 is 17.4 Å². The van der Waals surface area contributed by atoms with Crippen molar-refractivity contribution in [3.05, 3.63) is 40.6 Å². The van der Waals surface area contributed by atoms with Gasteiger partial charge in [-0.05, 0) is 17.4 Å². The molecule has 108 valence electrons. The molecule has 0 atom stereocenters. The largest absolute Gasteiger partial charge is 0.333 e. The molecule has 2 aromatic rings. The first-order chi connectivity index (χ1) is 9.65. The molecule has 0 bridgehead atoms. The minimum absolute atomic E-state index is 0.157. The lowest BCUT2D eigenvalue weighted by Gasteiger charge is -2.11. The van der Waals surface area contributed by atoms with Gasteiger partial charge in [-0.3, -0.25) is 0 Å². The number of urea groups is 1. The highest BCUT2D eigenvalue weighted by Gasteiger charge is 2.06. The lowest BCUT2D eigenvalue weighted by Crippen LogP contribution is -2.34. The van der Waals surface area contributed by atoms with Crippen molar-refractivity contribution in [2.45, 2.75) is 33.5 Å². The van der Waals surface area contributed by atoms with Crippen molar-refractivity contribution in [2.75, 3.05) is 0 Å². The molecular weight excluding hydrogens is 272 g/mol. The maximum absolute atomic E-state index is 11.7. The molecule has 0 aromatic carbocycles. The smallest absolute Gasteiger partial charge is 0.315 e. The van der Waals surface area contributed by atoms with E-state index in [0.717, 1.165) is 17.1 Å². The van der Waals surface area contributed by atoms with Crippen LogP contribution in [-0.4, -0.2) is 15.6 Å². The Morgan fingerprint density at radius 3 is 2.90 bits per heavy atom. The van der Waals surface area contributed by atoms with Crippen LogP contribution in [0.5, 0.6) is 0 Å². The topological polar surface area (TPSA) is 59.0 Å². The van der Waals surface area contributed by atoms with Crippen LogP contribution in [0.4, 0.5) is 4.79 Å². The first-order valence-corrected chi connectivity index (χ1v) is 7.56. The Morgan fingerprint density at radius 1 is 1.40 bits per heavy atom. The van der Waals surface area contributed by atoms with Crippen molar-refractivity contribution in [2.24, 2.45) is 5.92 Å². The van der Waals surface area contributed by atoms with Crippen molar-refractivity contribution < 1.29 is 4.79 Å². The van der Waals surface area contributed by atoms with Gasteiger partial charge < -0.3 is 15.2 Å². The van der Waals surface area contributed by atoms with E-state index in [4.69, 9.17) is 0 Å². The first-order valence-electron chi connectivity index (χ1n) is 6.68. The van der Waals surface area contributed by atoms with E-state index in [0.29, 0.717) is 19.0 Å². The first kappa shape index (κ1) is 14.6. The van der Waals surface area contributed by atoms with Gasteiger partial charge in [0.25, 0.3) is 0 Å². The van der Waals surface area contributed by atoms with Crippen LogP contribution < -0.4 is 10.6 Å². The number of hydrogen-bond acceptors (Lipinski definition) is 3. The molecule has 0 radical (unpaired) electrons. The van der Waals surface area contributed by atoms with Crippen LogP contribution in [0, 0.1) is 5.92 Å². The molecule has 20 heavy (non-hydrogen) atoms. The van der Waals surface area contributed by atoms with E-state index in [1.54, 1.807) is 23.9 Å². The highest BCUT2D eigenvalue weighted by Crippen LogP contribution is 2.07. The van der Waals surface area contributed by atoms with Gasteiger partial charge in [0.1, 0.15) is 0 Å². The summed E-state index contributed by atoms with van der Waals surface area (Å²) in [4.78, 5) is 17.0. The number of imidazole rings is 1. The molecule has 2 heterocycles. The Kier molecular flexibility index (Phi) is 5.17. The van der Waals surface area contributed by atoms with Crippen LogP contribution in [0.1, 0.15) is 24.4 Å². The molecule has 0 aliphatic heterocycles. The highest BCUT2D eigenvalue weighted by atomic mass is 32.1. The lowest BCUT2D eigenvalue weighted by atomic mass is 10.2. The van der Waals surface area contributed by atoms with Gasteiger partial charge in [0.15, 0.2) is 0 Å². The molecule has 2 amide bonds. The molecule has 5 nitrogen and oxygen atoms in total. The Balaban J connectivity index is 1.77. The summed E-state index contributed by atoms with van der Waals surface area (Å²) in [6.45, 7) is 6.28. The fourth-order valence-electron chi connectivity index (χ4n) is 1.87. The van der Waals surface area contributed by atoms with Gasteiger partial charge in [-0.15, -0.1) is 11.3 Å². The SMILES string of the molecule is CC(C)Cn1cncc1CNC(=O)NCc1cccs1. The van der Waals surface area contributed by atoms with Gasteiger partial charge in [0.2, 0.25) is 0 Å². The van der Waals surface area contributed by atoms with Gasteiger partial charge in [0.05, 0.1) is 25.1 Å². The standard InChI is InChI=1S/C14H20N4OS/c1-11(2)9-18-10-15-6-12(18)7-16-14(19)17-8-13-4-3-5-20-13/h3-6,10-11H,7-9H2,1-2H3,(H2,16,17,19). The quantitative estimate of drug-likeness (QED) is 0.860. The van der Waals surface area contributed by atoms with Crippen LogP contribution in [0.3, 0.4) is 0 Å². The minimum Gasteiger partial charge on any atom is -0.333 e. The number of carbonyl (C=O) groups is 1. The summed E-state index contributed by atoms with van der Waals surface area (Å²) in [5.41, 5.74) is 1.02. The normalized spacial score (nSPS) is 10.8. The van der Waals surface area contributed by atoms with Crippen LogP contribution in [0.2, 0.25) is 0 Å². The van der Waals surface area contributed by atoms with Gasteiger partial charge in [-0.25, -0.2) is 9.78 Å². The summed E-state index contributed by atoms with van der Waals surface area (Å²) in [5, 5.41) is 7.69. The number of thiophene rings is 1. The summed E-state index contributed by atoms with van der Waals surface area (Å²) in [6.07, 6.45) is 3.60. The fourth-order valence-corrected chi connectivity index (χ4v) is 2.51. The van der Waals surface area contributed by atoms with Gasteiger partial charge in [0, 0.05) is 17.6 Å². The Morgan fingerprint density at radius 2 is 2.20 bits per heavy atom. The fraction of sp³-hybridized carbons (Fsp3) is 0.429. The monoisotopic (exact) mass is 292 g/mol. The molecule has 2 N–H and O–H groups in total. The molecule has 0 saturated heterocycles. The number of amides is 2. The van der Waals surface area contributed by atoms with Crippen LogP contribution >= 0.6 is 11.3 Å². The van der Waals surface area contributed by atoms with Gasteiger partial charge >= 0.3 is 6.03 Å². The molecule has 0 saturated carbocycles. The van der Waals surface area contributed by atoms with Crippen LogP contribution in [0.25, 0.3) is 0 Å². The molecule has 0 unspecified atom stereocenters. The highest BCUT2D eigenvalue weighted by molar-refractivity contribution is 7.09. The van der Waals surface area contributed by atoms with Crippen molar-refractivity contribution in [1.82, 2.24) is 20.2 Å². The van der Waals surface area contributed by atoms with Crippen LogP contribution in [0.15, 0.2) is 30.0 Å². The average Bonchev–Trinajstić information content (AvgIpc) is 3.04. The van der Waals surface area contributed by atoms with E-state index < -0.39 is 0 Å². The number of carbonyl (C=O) groups excluding carboxylic acids is 1. The maximum atomic E-state index is 11.7. The van der Waals surface area contributed by atoms with Gasteiger partial charge in [-0.2, -0.15) is 0 Å². The second-order valence-electron chi connectivity index (χ2n) is 5.05. The zero-order chi connectivity index (χ0) is 14.4. The second kappa shape index (κ2) is 7.09. The zero-order valence-electron chi connectivity index (χ0n) is 11.8. The molecule has 0 aliphatic rings. The Labute approximate surface area is 123 Å². The van der Waals surface area contributed by atoms with Crippen molar-refractivity contribution in [3.63, 3.8) is 0 Å². The summed E-state index contributed by atoms with van der Waals surface area (Å²) in [6, 6.07) is 3.82. The van der Waals surface area contributed by atoms with Crippen LogP contribution in [-0.2, 0) is 19.6 Å². The van der Waals surface area contributed by atoms with E-state index in [2.05, 4.69) is 34.0 Å². The van der Waals surface area contributed by atoms with E-state index in [9.17, 15) is 4.79 Å². The number of nitrogens with one attached hydrogen (secondary N) is 2. The summed E-state index contributed by atoms with van der Waals surface area (Å²) in [7, 11) is 0. The second-order valence-corrected chi connectivity index (χ2v) is 6.08. The molecule has 2 rings (SSSR count). The third-order valence-corrected chi connectivity index (χ3v) is 3.67. The molecule has 0 fully saturated rings. The molecular formula is C14H20N4OS. The summed E-state index contributed by atoms with van der Waals surface area (Å²) < 4.78 is 2.07. The summed E-state index contributed by atoms with van der Waals surface area (Å²) in [5.74, 6) is 0.551. The number of aromatic nitrogens is 2. The van der Waals surface area contributed by atoms with E-state index >= 15 is 0 Å². The number of hydrogen-bond donors (Lipinski definition) is 2. The molecule has 2 aromatic heterocycles.